The van der Waals surface area contributed by atoms with E-state index in [1.165, 1.54) is 0 Å². The maximum Gasteiger partial charge on any atom is 0.412 e. The topological polar surface area (TPSA) is 26.3 Å². The second-order valence-corrected chi connectivity index (χ2v) is 4.43. The summed E-state index contributed by atoms with van der Waals surface area (Å²) in [6.45, 7) is 1.80. The first-order valence-electron chi connectivity index (χ1n) is 4.79. The van der Waals surface area contributed by atoms with Crippen molar-refractivity contribution < 1.29 is 22.7 Å². The Morgan fingerprint density at radius 1 is 1.53 bits per heavy atom. The summed E-state index contributed by atoms with van der Waals surface area (Å²) < 4.78 is 42.1. The van der Waals surface area contributed by atoms with Crippen LogP contribution in [0.5, 0.6) is 0 Å². The molecular weight excluding hydrogens is 209 g/mol. The molecule has 1 saturated heterocycles. The molecule has 5 heteroatoms. The number of ether oxygens (including phenoxy) is 1. The predicted octanol–water partition coefficient (Wildman–Crippen LogP) is 2.59. The number of hydrogen-bond donors (Lipinski definition) is 0. The van der Waals surface area contributed by atoms with Crippen molar-refractivity contribution in [2.75, 3.05) is 0 Å². The van der Waals surface area contributed by atoms with Gasteiger partial charge in [-0.1, -0.05) is 6.92 Å². The van der Waals surface area contributed by atoms with E-state index < -0.39 is 29.2 Å². The fourth-order valence-electron chi connectivity index (χ4n) is 2.14. The van der Waals surface area contributed by atoms with Crippen LogP contribution in [0.2, 0.25) is 0 Å². The van der Waals surface area contributed by atoms with Crippen molar-refractivity contribution in [3.8, 4) is 0 Å². The number of fused-ring (bicyclic) bond motifs is 1. The molecule has 2 rings (SSSR count). The molecule has 0 spiro atoms. The summed E-state index contributed by atoms with van der Waals surface area (Å²) in [5.74, 6) is -0.401. The summed E-state index contributed by atoms with van der Waals surface area (Å²) in [6.07, 6.45) is -3.37. The molecular formula is C10H11F3O2. The van der Waals surface area contributed by atoms with Gasteiger partial charge in [0.15, 0.2) is 0 Å². The van der Waals surface area contributed by atoms with Gasteiger partial charge in [0.1, 0.15) is 6.10 Å². The van der Waals surface area contributed by atoms with E-state index in [0.717, 1.165) is 6.08 Å². The van der Waals surface area contributed by atoms with Gasteiger partial charge in [0.2, 0.25) is 0 Å². The van der Waals surface area contributed by atoms with Crippen LogP contribution in [0.1, 0.15) is 26.2 Å². The second-order valence-electron chi connectivity index (χ2n) is 4.43. The average molecular weight is 220 g/mol. The van der Waals surface area contributed by atoms with E-state index in [1.807, 2.05) is 0 Å². The van der Waals surface area contributed by atoms with Gasteiger partial charge in [-0.3, -0.25) is 4.79 Å². The number of allylic oxidation sites excluding steroid dienone is 1. The van der Waals surface area contributed by atoms with Gasteiger partial charge in [-0.05, 0) is 18.9 Å². The minimum atomic E-state index is -4.30. The number of carbonyl (C=O) groups is 1. The summed E-state index contributed by atoms with van der Waals surface area (Å²) in [7, 11) is 0. The van der Waals surface area contributed by atoms with Gasteiger partial charge in [0.25, 0.3) is 0 Å². The smallest absolute Gasteiger partial charge is 0.412 e. The van der Waals surface area contributed by atoms with Crippen LogP contribution in [0.15, 0.2) is 11.6 Å². The lowest BCUT2D eigenvalue weighted by Crippen LogP contribution is -2.32. The van der Waals surface area contributed by atoms with Crippen molar-refractivity contribution in [2.24, 2.45) is 5.41 Å². The Bertz CT molecular complexity index is 332. The molecule has 0 amide bonds. The van der Waals surface area contributed by atoms with Gasteiger partial charge in [0.05, 0.1) is 6.42 Å². The van der Waals surface area contributed by atoms with Crippen LogP contribution in [0.3, 0.4) is 0 Å². The third-order valence-electron chi connectivity index (χ3n) is 3.18. The largest absolute Gasteiger partial charge is 0.457 e. The first kappa shape index (κ1) is 10.5. The predicted molar refractivity (Wildman–Crippen MR) is 46.0 cm³/mol. The van der Waals surface area contributed by atoms with Crippen LogP contribution in [0.4, 0.5) is 13.2 Å². The van der Waals surface area contributed by atoms with E-state index in [2.05, 4.69) is 0 Å². The molecule has 2 nitrogen and oxygen atoms in total. The van der Waals surface area contributed by atoms with E-state index in [9.17, 15) is 18.0 Å². The second kappa shape index (κ2) is 3.00. The van der Waals surface area contributed by atoms with Crippen LogP contribution in [0, 0.1) is 5.41 Å². The molecule has 0 aromatic rings. The van der Waals surface area contributed by atoms with Crippen molar-refractivity contribution in [3.63, 3.8) is 0 Å². The number of carbonyl (C=O) groups excluding carboxylic acids is 1. The highest BCUT2D eigenvalue weighted by molar-refractivity contribution is 5.73. The lowest BCUT2D eigenvalue weighted by Gasteiger charge is -2.32. The Balaban J connectivity index is 2.27. The van der Waals surface area contributed by atoms with Gasteiger partial charge in [0, 0.05) is 11.0 Å². The summed E-state index contributed by atoms with van der Waals surface area (Å²) >= 11 is 0. The highest BCUT2D eigenvalue weighted by atomic mass is 19.4. The number of halogens is 3. The van der Waals surface area contributed by atoms with E-state index in [-0.39, 0.29) is 12.8 Å². The highest BCUT2D eigenvalue weighted by Gasteiger charge is 2.49. The van der Waals surface area contributed by atoms with Crippen molar-refractivity contribution in [2.45, 2.75) is 38.5 Å². The Hall–Kier alpha value is -1.00. The standard InChI is InChI=1S/C10H11F3O2/c1-9-3-2-6(10(11,12)13)4-7(9)15-8(14)5-9/h4,7H,2-3,5H2,1H3/t7-,9-/m0/s1. The van der Waals surface area contributed by atoms with Gasteiger partial charge in [-0.15, -0.1) is 0 Å². The van der Waals surface area contributed by atoms with Crippen LogP contribution >= 0.6 is 0 Å². The lowest BCUT2D eigenvalue weighted by atomic mass is 9.74. The van der Waals surface area contributed by atoms with Crippen LogP contribution in [-0.2, 0) is 9.53 Å². The minimum Gasteiger partial charge on any atom is -0.457 e. The lowest BCUT2D eigenvalue weighted by molar-refractivity contribution is -0.140. The molecule has 0 bridgehead atoms. The van der Waals surface area contributed by atoms with Gasteiger partial charge in [-0.2, -0.15) is 13.2 Å². The molecule has 0 aromatic heterocycles. The molecule has 15 heavy (non-hydrogen) atoms. The first-order chi connectivity index (χ1) is 6.81. The van der Waals surface area contributed by atoms with Crippen molar-refractivity contribution in [3.05, 3.63) is 11.6 Å². The fraction of sp³-hybridized carbons (Fsp3) is 0.700. The third-order valence-corrected chi connectivity index (χ3v) is 3.18. The molecule has 0 N–H and O–H groups in total. The monoisotopic (exact) mass is 220 g/mol. The Kier molecular flexibility index (Phi) is 2.10. The molecule has 1 heterocycles. The van der Waals surface area contributed by atoms with Crippen molar-refractivity contribution in [1.82, 2.24) is 0 Å². The summed E-state index contributed by atoms with van der Waals surface area (Å²) in [5.41, 5.74) is -1.01. The van der Waals surface area contributed by atoms with E-state index >= 15 is 0 Å². The van der Waals surface area contributed by atoms with Crippen LogP contribution in [-0.4, -0.2) is 18.2 Å². The maximum absolute atomic E-state index is 12.4. The first-order valence-corrected chi connectivity index (χ1v) is 4.79. The quantitative estimate of drug-likeness (QED) is 0.463. The van der Waals surface area contributed by atoms with Crippen molar-refractivity contribution >= 4 is 5.97 Å². The summed E-state index contributed by atoms with van der Waals surface area (Å²) in [4.78, 5) is 11.0. The molecule has 0 radical (unpaired) electrons. The average Bonchev–Trinajstić information content (AvgIpc) is 2.35. The van der Waals surface area contributed by atoms with E-state index in [0.29, 0.717) is 6.42 Å². The zero-order valence-corrected chi connectivity index (χ0v) is 8.23. The zero-order valence-electron chi connectivity index (χ0n) is 8.23. The Labute approximate surface area is 85.1 Å². The normalized spacial score (nSPS) is 35.9. The minimum absolute atomic E-state index is 0.0207. The number of hydrogen-bond acceptors (Lipinski definition) is 2. The van der Waals surface area contributed by atoms with Gasteiger partial charge >= 0.3 is 12.1 Å². The number of rotatable bonds is 0. The number of alkyl halides is 3. The van der Waals surface area contributed by atoms with E-state index in [4.69, 9.17) is 4.74 Å². The fourth-order valence-corrected chi connectivity index (χ4v) is 2.14. The van der Waals surface area contributed by atoms with Gasteiger partial charge < -0.3 is 4.74 Å². The molecule has 1 aliphatic carbocycles. The van der Waals surface area contributed by atoms with Crippen molar-refractivity contribution in [1.29, 1.82) is 0 Å². The summed E-state index contributed by atoms with van der Waals surface area (Å²) in [5, 5.41) is 0. The van der Waals surface area contributed by atoms with Gasteiger partial charge in [-0.25, -0.2) is 0 Å². The zero-order chi connectivity index (χ0) is 11.3. The molecule has 1 aliphatic heterocycles. The Morgan fingerprint density at radius 3 is 2.80 bits per heavy atom. The molecule has 84 valence electrons. The SMILES string of the molecule is C[C@@]12CCC(C(F)(F)F)=C[C@@H]1OC(=O)C2. The van der Waals surface area contributed by atoms with Crippen LogP contribution in [0.25, 0.3) is 0 Å². The van der Waals surface area contributed by atoms with Crippen LogP contribution < -0.4 is 0 Å². The Morgan fingerprint density at radius 2 is 2.20 bits per heavy atom. The molecule has 0 saturated carbocycles. The highest BCUT2D eigenvalue weighted by Crippen LogP contribution is 2.47. The number of esters is 1. The maximum atomic E-state index is 12.4. The molecule has 0 aromatic carbocycles. The summed E-state index contributed by atoms with van der Waals surface area (Å²) in [6, 6.07) is 0. The molecule has 0 unspecified atom stereocenters. The molecule has 2 atom stereocenters. The van der Waals surface area contributed by atoms with E-state index in [1.54, 1.807) is 6.92 Å². The molecule has 1 fully saturated rings. The third kappa shape index (κ3) is 1.75. The molecule has 2 aliphatic rings.